The Balaban J connectivity index is 1.69. The van der Waals surface area contributed by atoms with Crippen molar-refractivity contribution in [3.63, 3.8) is 0 Å². The fourth-order valence-electron chi connectivity index (χ4n) is 3.10. The Bertz CT molecular complexity index is 423. The molecule has 0 bridgehead atoms. The highest BCUT2D eigenvalue weighted by atomic mass is 15.4. The maximum absolute atomic E-state index is 4.24. The van der Waals surface area contributed by atoms with Gasteiger partial charge in [0.25, 0.3) is 0 Å². The van der Waals surface area contributed by atoms with Crippen molar-refractivity contribution in [2.75, 3.05) is 13.1 Å². The van der Waals surface area contributed by atoms with Crippen molar-refractivity contribution in [1.29, 1.82) is 0 Å². The van der Waals surface area contributed by atoms with Gasteiger partial charge in [0.2, 0.25) is 0 Å². The van der Waals surface area contributed by atoms with Crippen LogP contribution < -0.4 is 5.32 Å². The van der Waals surface area contributed by atoms with Crippen LogP contribution >= 0.6 is 0 Å². The molecular weight excluding hydrogens is 238 g/mol. The topological polar surface area (TPSA) is 46.0 Å². The predicted molar refractivity (Wildman–Crippen MR) is 74.6 cm³/mol. The molecule has 0 spiro atoms. The number of rotatable bonds is 4. The number of aromatic nitrogens is 3. The van der Waals surface area contributed by atoms with E-state index >= 15 is 0 Å². The molecule has 1 N–H and O–H groups in total. The van der Waals surface area contributed by atoms with Crippen molar-refractivity contribution in [2.45, 2.75) is 45.3 Å². The van der Waals surface area contributed by atoms with Gasteiger partial charge in [-0.2, -0.15) is 0 Å². The molecule has 2 heterocycles. The van der Waals surface area contributed by atoms with Crippen molar-refractivity contribution in [1.82, 2.24) is 25.2 Å². The summed E-state index contributed by atoms with van der Waals surface area (Å²) in [5.41, 5.74) is 1.09. The summed E-state index contributed by atoms with van der Waals surface area (Å²) in [5.74, 6) is 1.58. The van der Waals surface area contributed by atoms with Gasteiger partial charge in [-0.15, -0.1) is 5.10 Å². The number of hydrogen-bond acceptors (Lipinski definition) is 4. The molecule has 2 fully saturated rings. The van der Waals surface area contributed by atoms with Crippen LogP contribution in [0.2, 0.25) is 0 Å². The first-order valence-corrected chi connectivity index (χ1v) is 7.46. The minimum atomic E-state index is 0.603. The first kappa shape index (κ1) is 13.1. The second-order valence-corrected chi connectivity index (χ2v) is 6.48. The van der Waals surface area contributed by atoms with Gasteiger partial charge >= 0.3 is 0 Å². The van der Waals surface area contributed by atoms with Crippen molar-refractivity contribution in [3.8, 4) is 0 Å². The molecule has 0 amide bonds. The summed E-state index contributed by atoms with van der Waals surface area (Å²) in [4.78, 5) is 2.63. The van der Waals surface area contributed by atoms with Crippen molar-refractivity contribution >= 4 is 0 Å². The predicted octanol–water partition coefficient (Wildman–Crippen LogP) is 1.02. The Hall–Kier alpha value is -0.940. The van der Waals surface area contributed by atoms with Gasteiger partial charge < -0.3 is 5.32 Å². The molecule has 5 nitrogen and oxygen atoms in total. The van der Waals surface area contributed by atoms with E-state index in [0.717, 1.165) is 31.2 Å². The fourth-order valence-corrected chi connectivity index (χ4v) is 3.10. The molecule has 1 aliphatic heterocycles. The van der Waals surface area contributed by atoms with E-state index in [9.17, 15) is 0 Å². The fraction of sp³-hybridized carbons (Fsp3) is 0.857. The normalized spacial score (nSPS) is 29.1. The maximum atomic E-state index is 4.24. The summed E-state index contributed by atoms with van der Waals surface area (Å²) in [6, 6.07) is 1.30. The lowest BCUT2D eigenvalue weighted by Gasteiger charge is -2.41. The molecule has 1 saturated heterocycles. The molecule has 3 rings (SSSR count). The maximum Gasteiger partial charge on any atom is 0.0967 e. The van der Waals surface area contributed by atoms with Gasteiger partial charge in [-0.1, -0.05) is 19.1 Å². The van der Waals surface area contributed by atoms with Crippen LogP contribution in [0.25, 0.3) is 0 Å². The molecular formula is C14H25N5. The highest BCUT2D eigenvalue weighted by Crippen LogP contribution is 2.37. The van der Waals surface area contributed by atoms with Crippen LogP contribution in [0.15, 0.2) is 6.20 Å². The van der Waals surface area contributed by atoms with Crippen molar-refractivity contribution in [3.05, 3.63) is 11.9 Å². The van der Waals surface area contributed by atoms with E-state index in [1.54, 1.807) is 4.68 Å². The zero-order valence-electron chi connectivity index (χ0n) is 12.2. The van der Waals surface area contributed by atoms with Gasteiger partial charge in [0.1, 0.15) is 0 Å². The smallest absolute Gasteiger partial charge is 0.0967 e. The SMILES string of the molecule is CC(C)C1CN(Cc2cn(C)nn2)C(C2CC2)CN1. The monoisotopic (exact) mass is 263 g/mol. The van der Waals surface area contributed by atoms with E-state index in [2.05, 4.69) is 34.4 Å². The van der Waals surface area contributed by atoms with Gasteiger partial charge in [0.05, 0.1) is 5.69 Å². The Morgan fingerprint density at radius 3 is 2.79 bits per heavy atom. The van der Waals surface area contributed by atoms with Crippen molar-refractivity contribution < 1.29 is 0 Å². The average Bonchev–Trinajstić information content (AvgIpc) is 3.13. The van der Waals surface area contributed by atoms with Crippen LogP contribution in [0.5, 0.6) is 0 Å². The molecule has 2 aliphatic rings. The minimum Gasteiger partial charge on any atom is -0.311 e. The standard InChI is InChI=1S/C14H25N5/c1-10(2)13-9-19(8-12-7-18(3)17-16-12)14(6-15-13)11-4-5-11/h7,10-11,13-15H,4-6,8-9H2,1-3H3. The molecule has 0 aromatic carbocycles. The number of nitrogens with one attached hydrogen (secondary N) is 1. The number of piperazine rings is 1. The van der Waals surface area contributed by atoms with Gasteiger partial charge in [-0.05, 0) is 24.7 Å². The van der Waals surface area contributed by atoms with Crippen LogP contribution in [0.3, 0.4) is 0 Å². The molecule has 106 valence electrons. The number of nitrogens with zero attached hydrogens (tertiary/aromatic N) is 4. The van der Waals surface area contributed by atoms with E-state index in [4.69, 9.17) is 0 Å². The van der Waals surface area contributed by atoms with Crippen LogP contribution in [0.1, 0.15) is 32.4 Å². The molecule has 1 aliphatic carbocycles. The molecule has 5 heteroatoms. The third-order valence-corrected chi connectivity index (χ3v) is 4.48. The largest absolute Gasteiger partial charge is 0.311 e. The highest BCUT2D eigenvalue weighted by molar-refractivity contribution is 5.00. The second kappa shape index (κ2) is 5.21. The number of hydrogen-bond donors (Lipinski definition) is 1. The zero-order chi connectivity index (χ0) is 13.4. The lowest BCUT2D eigenvalue weighted by molar-refractivity contribution is 0.0914. The summed E-state index contributed by atoms with van der Waals surface area (Å²) in [7, 11) is 1.93. The average molecular weight is 263 g/mol. The molecule has 1 saturated carbocycles. The first-order valence-electron chi connectivity index (χ1n) is 7.46. The van der Waals surface area contributed by atoms with Crippen molar-refractivity contribution in [2.24, 2.45) is 18.9 Å². The summed E-state index contributed by atoms with van der Waals surface area (Å²) >= 11 is 0. The second-order valence-electron chi connectivity index (χ2n) is 6.48. The van der Waals surface area contributed by atoms with Gasteiger partial charge in [-0.25, -0.2) is 0 Å². The summed E-state index contributed by atoms with van der Waals surface area (Å²) < 4.78 is 1.80. The Morgan fingerprint density at radius 2 is 2.21 bits per heavy atom. The van der Waals surface area contributed by atoms with Crippen LogP contribution in [0, 0.1) is 11.8 Å². The summed E-state index contributed by atoms with van der Waals surface area (Å²) in [6.45, 7) is 7.81. The third kappa shape index (κ3) is 2.98. The van der Waals surface area contributed by atoms with Gasteiger partial charge in [0, 0.05) is 45.0 Å². The van der Waals surface area contributed by atoms with Crippen LogP contribution in [-0.2, 0) is 13.6 Å². The van der Waals surface area contributed by atoms with Gasteiger partial charge in [-0.3, -0.25) is 9.58 Å². The van der Waals surface area contributed by atoms with E-state index < -0.39 is 0 Å². The van der Waals surface area contributed by atoms with Crippen LogP contribution in [0.4, 0.5) is 0 Å². The third-order valence-electron chi connectivity index (χ3n) is 4.48. The van der Waals surface area contributed by atoms with E-state index in [-0.39, 0.29) is 0 Å². The van der Waals surface area contributed by atoms with E-state index in [1.807, 2.05) is 13.2 Å². The minimum absolute atomic E-state index is 0.603. The number of aryl methyl sites for hydroxylation is 1. The lowest BCUT2D eigenvalue weighted by Crippen LogP contribution is -2.58. The Labute approximate surface area is 115 Å². The first-order chi connectivity index (χ1) is 9.13. The molecule has 2 atom stereocenters. The quantitative estimate of drug-likeness (QED) is 0.881. The Kier molecular flexibility index (Phi) is 3.58. The highest BCUT2D eigenvalue weighted by Gasteiger charge is 2.39. The molecule has 1 aromatic rings. The molecule has 19 heavy (non-hydrogen) atoms. The zero-order valence-corrected chi connectivity index (χ0v) is 12.2. The lowest BCUT2D eigenvalue weighted by atomic mass is 9.97. The van der Waals surface area contributed by atoms with Crippen LogP contribution in [-0.4, -0.2) is 45.1 Å². The molecule has 2 unspecified atom stereocenters. The molecule has 1 aromatic heterocycles. The van der Waals surface area contributed by atoms with E-state index in [0.29, 0.717) is 18.0 Å². The summed E-state index contributed by atoms with van der Waals surface area (Å²) in [6.07, 6.45) is 4.84. The Morgan fingerprint density at radius 1 is 1.42 bits per heavy atom. The summed E-state index contributed by atoms with van der Waals surface area (Å²) in [5, 5.41) is 12.0. The van der Waals surface area contributed by atoms with E-state index in [1.165, 1.54) is 12.8 Å². The van der Waals surface area contributed by atoms with Gasteiger partial charge in [0.15, 0.2) is 0 Å². The molecule has 0 radical (unpaired) electrons.